The number of guanidine groups is 1. The van der Waals surface area contributed by atoms with Crippen molar-refractivity contribution >= 4 is 35.6 Å². The summed E-state index contributed by atoms with van der Waals surface area (Å²) in [6.45, 7) is 10.6. The molecule has 2 saturated heterocycles. The molecule has 2 fully saturated rings. The van der Waals surface area contributed by atoms with Crippen molar-refractivity contribution in [2.45, 2.75) is 38.2 Å². The summed E-state index contributed by atoms with van der Waals surface area (Å²) in [6, 6.07) is 10.8. The number of hydrogen-bond donors (Lipinski definition) is 2. The Kier molecular flexibility index (Phi) is 10.5. The SMILES string of the molecule is CN=C(NCCCCN1CCN(c2ccccc2)CC1)NCC1(C)CCCO1.I. The molecule has 1 atom stereocenters. The molecule has 0 saturated carbocycles. The predicted octanol–water partition coefficient (Wildman–Crippen LogP) is 2.94. The maximum atomic E-state index is 5.83. The van der Waals surface area contributed by atoms with Crippen LogP contribution >= 0.6 is 24.0 Å². The average molecular weight is 515 g/mol. The molecule has 0 radical (unpaired) electrons. The lowest BCUT2D eigenvalue weighted by Gasteiger charge is -2.36. The van der Waals surface area contributed by atoms with Gasteiger partial charge in [-0.3, -0.25) is 9.89 Å². The lowest BCUT2D eigenvalue weighted by Crippen LogP contribution is -2.47. The number of unbranched alkanes of at least 4 members (excludes halogenated alkanes) is 1. The van der Waals surface area contributed by atoms with Crippen LogP contribution in [0.4, 0.5) is 5.69 Å². The van der Waals surface area contributed by atoms with Gasteiger partial charge in [-0.2, -0.15) is 0 Å². The number of piperazine rings is 1. The van der Waals surface area contributed by atoms with Gasteiger partial charge < -0.3 is 20.3 Å². The van der Waals surface area contributed by atoms with E-state index in [1.165, 1.54) is 18.7 Å². The van der Waals surface area contributed by atoms with E-state index in [1.54, 1.807) is 0 Å². The van der Waals surface area contributed by atoms with Crippen LogP contribution in [0.3, 0.4) is 0 Å². The van der Waals surface area contributed by atoms with Gasteiger partial charge in [-0.05, 0) is 51.3 Å². The van der Waals surface area contributed by atoms with E-state index in [4.69, 9.17) is 4.74 Å². The molecule has 2 N–H and O–H groups in total. The molecule has 3 rings (SSSR count). The molecule has 7 heteroatoms. The van der Waals surface area contributed by atoms with Crippen molar-refractivity contribution in [3.63, 3.8) is 0 Å². The number of para-hydroxylation sites is 1. The third-order valence-electron chi connectivity index (χ3n) is 5.84. The van der Waals surface area contributed by atoms with Gasteiger partial charge >= 0.3 is 0 Å². The van der Waals surface area contributed by atoms with E-state index in [0.29, 0.717) is 0 Å². The van der Waals surface area contributed by atoms with Gasteiger partial charge in [0.1, 0.15) is 0 Å². The molecule has 0 bridgehead atoms. The molecular formula is C22H38IN5O. The lowest BCUT2D eigenvalue weighted by atomic mass is 10.0. The topological polar surface area (TPSA) is 52.1 Å². The molecule has 0 spiro atoms. The fourth-order valence-electron chi connectivity index (χ4n) is 4.00. The molecule has 1 unspecified atom stereocenters. The van der Waals surface area contributed by atoms with Crippen molar-refractivity contribution < 1.29 is 4.74 Å². The van der Waals surface area contributed by atoms with Gasteiger partial charge in [0.05, 0.1) is 5.60 Å². The number of halogens is 1. The molecule has 0 aliphatic carbocycles. The second kappa shape index (κ2) is 12.6. The van der Waals surface area contributed by atoms with Gasteiger partial charge in [0.15, 0.2) is 5.96 Å². The van der Waals surface area contributed by atoms with Crippen LogP contribution in [-0.2, 0) is 4.74 Å². The number of aliphatic imine (C=N–C) groups is 1. The zero-order valence-electron chi connectivity index (χ0n) is 18.0. The zero-order valence-corrected chi connectivity index (χ0v) is 20.4. The summed E-state index contributed by atoms with van der Waals surface area (Å²) in [6.07, 6.45) is 4.65. The number of ether oxygens (including phenoxy) is 1. The Bertz CT molecular complexity index is 598. The third kappa shape index (κ3) is 7.94. The van der Waals surface area contributed by atoms with E-state index >= 15 is 0 Å². The Balaban J connectivity index is 0.00000300. The van der Waals surface area contributed by atoms with E-state index in [1.807, 2.05) is 7.05 Å². The number of rotatable bonds is 8. The van der Waals surface area contributed by atoms with Crippen LogP contribution in [-0.4, -0.2) is 75.9 Å². The third-order valence-corrected chi connectivity index (χ3v) is 5.84. The maximum absolute atomic E-state index is 5.83. The van der Waals surface area contributed by atoms with Crippen LogP contribution in [0.1, 0.15) is 32.6 Å². The highest BCUT2D eigenvalue weighted by Crippen LogP contribution is 2.23. The first-order valence-corrected chi connectivity index (χ1v) is 10.8. The minimum atomic E-state index is -0.0421. The summed E-state index contributed by atoms with van der Waals surface area (Å²) in [5.41, 5.74) is 1.31. The molecule has 1 aromatic rings. The molecule has 2 heterocycles. The van der Waals surface area contributed by atoms with E-state index < -0.39 is 0 Å². The second-order valence-electron chi connectivity index (χ2n) is 8.13. The van der Waals surface area contributed by atoms with Crippen LogP contribution in [0.25, 0.3) is 0 Å². The number of benzene rings is 1. The van der Waals surface area contributed by atoms with Crippen molar-refractivity contribution in [1.29, 1.82) is 0 Å². The highest BCUT2D eigenvalue weighted by Gasteiger charge is 2.29. The number of nitrogens with one attached hydrogen (secondary N) is 2. The van der Waals surface area contributed by atoms with Crippen molar-refractivity contribution in [1.82, 2.24) is 15.5 Å². The van der Waals surface area contributed by atoms with Crippen LogP contribution in [0.15, 0.2) is 35.3 Å². The smallest absolute Gasteiger partial charge is 0.191 e. The summed E-state index contributed by atoms with van der Waals surface area (Å²) in [5.74, 6) is 0.883. The molecule has 2 aliphatic heterocycles. The first-order valence-electron chi connectivity index (χ1n) is 10.8. The van der Waals surface area contributed by atoms with Gasteiger partial charge in [0.25, 0.3) is 0 Å². The Morgan fingerprint density at radius 3 is 2.52 bits per heavy atom. The molecule has 1 aromatic carbocycles. The lowest BCUT2D eigenvalue weighted by molar-refractivity contribution is 0.0243. The standard InChI is InChI=1S/C22H37N5O.HI/c1-22(11-8-18-28-22)19-25-21(23-2)24-12-6-7-13-26-14-16-27(17-15-26)20-9-4-3-5-10-20;/h3-5,9-10H,6-8,11-19H2,1-2H3,(H2,23,24,25);1H. The number of hydrogen-bond acceptors (Lipinski definition) is 4. The number of anilines is 1. The van der Waals surface area contributed by atoms with Gasteiger partial charge in [0.2, 0.25) is 0 Å². The first-order chi connectivity index (χ1) is 13.7. The van der Waals surface area contributed by atoms with E-state index in [9.17, 15) is 0 Å². The monoisotopic (exact) mass is 515 g/mol. The molecule has 0 amide bonds. The summed E-state index contributed by atoms with van der Waals surface area (Å²) in [4.78, 5) is 9.40. The molecular weight excluding hydrogens is 477 g/mol. The molecule has 0 aromatic heterocycles. The largest absolute Gasteiger partial charge is 0.373 e. The Morgan fingerprint density at radius 1 is 1.10 bits per heavy atom. The van der Waals surface area contributed by atoms with E-state index in [-0.39, 0.29) is 29.6 Å². The summed E-state index contributed by atoms with van der Waals surface area (Å²) >= 11 is 0. The van der Waals surface area contributed by atoms with Gasteiger partial charge in [-0.25, -0.2) is 0 Å². The van der Waals surface area contributed by atoms with Crippen LogP contribution in [0.5, 0.6) is 0 Å². The van der Waals surface area contributed by atoms with E-state index in [0.717, 1.165) is 71.1 Å². The van der Waals surface area contributed by atoms with E-state index in [2.05, 4.69) is 62.7 Å². The highest BCUT2D eigenvalue weighted by molar-refractivity contribution is 14.0. The fourth-order valence-corrected chi connectivity index (χ4v) is 4.00. The van der Waals surface area contributed by atoms with Crippen molar-refractivity contribution in [2.75, 3.05) is 64.4 Å². The summed E-state index contributed by atoms with van der Waals surface area (Å²) in [7, 11) is 1.83. The minimum Gasteiger partial charge on any atom is -0.373 e. The second-order valence-corrected chi connectivity index (χ2v) is 8.13. The molecule has 164 valence electrons. The Hall–Kier alpha value is -1.06. The molecule has 2 aliphatic rings. The Labute approximate surface area is 193 Å². The molecule has 6 nitrogen and oxygen atoms in total. The normalized spacial score (nSPS) is 23.0. The fraction of sp³-hybridized carbons (Fsp3) is 0.682. The van der Waals surface area contributed by atoms with Crippen molar-refractivity contribution in [3.8, 4) is 0 Å². The molecule has 29 heavy (non-hydrogen) atoms. The zero-order chi connectivity index (χ0) is 19.7. The van der Waals surface area contributed by atoms with Gasteiger partial charge in [-0.1, -0.05) is 18.2 Å². The average Bonchev–Trinajstić information content (AvgIpc) is 3.18. The van der Waals surface area contributed by atoms with Crippen LogP contribution in [0.2, 0.25) is 0 Å². The highest BCUT2D eigenvalue weighted by atomic mass is 127. The summed E-state index contributed by atoms with van der Waals surface area (Å²) < 4.78 is 5.83. The first kappa shape index (κ1) is 24.2. The van der Waals surface area contributed by atoms with Gasteiger partial charge in [-0.15, -0.1) is 24.0 Å². The van der Waals surface area contributed by atoms with Crippen molar-refractivity contribution in [2.24, 2.45) is 4.99 Å². The minimum absolute atomic E-state index is 0. The number of nitrogens with zero attached hydrogens (tertiary/aromatic N) is 3. The predicted molar refractivity (Wildman–Crippen MR) is 133 cm³/mol. The quantitative estimate of drug-likeness (QED) is 0.242. The maximum Gasteiger partial charge on any atom is 0.191 e. The van der Waals surface area contributed by atoms with Gasteiger partial charge in [0, 0.05) is 58.6 Å². The van der Waals surface area contributed by atoms with Crippen LogP contribution < -0.4 is 15.5 Å². The Morgan fingerprint density at radius 2 is 1.86 bits per heavy atom. The van der Waals surface area contributed by atoms with Crippen LogP contribution in [0, 0.1) is 0 Å². The summed E-state index contributed by atoms with van der Waals surface area (Å²) in [5, 5.41) is 6.84. The van der Waals surface area contributed by atoms with Crippen molar-refractivity contribution in [3.05, 3.63) is 30.3 Å².